The lowest BCUT2D eigenvalue weighted by atomic mass is 9.95. The van der Waals surface area contributed by atoms with E-state index in [9.17, 15) is 18.7 Å². The predicted octanol–water partition coefficient (Wildman–Crippen LogP) is 7.76. The molecule has 3 unspecified atom stereocenters. The van der Waals surface area contributed by atoms with Crippen LogP contribution in [-0.2, 0) is 18.2 Å². The van der Waals surface area contributed by atoms with Crippen LogP contribution in [0.25, 0.3) is 0 Å². The Morgan fingerprint density at radius 1 is 0.744 bits per heavy atom. The molecule has 0 heterocycles. The molecule has 0 aliphatic carbocycles. The Hall–Kier alpha value is -3.53. The third-order valence-corrected chi connectivity index (χ3v) is 11.0. The van der Waals surface area contributed by atoms with Crippen LogP contribution in [0.4, 0.5) is 0 Å². The van der Waals surface area contributed by atoms with Gasteiger partial charge in [0, 0.05) is 22.9 Å². The molecule has 0 bridgehead atoms. The van der Waals surface area contributed by atoms with E-state index in [2.05, 4.69) is 0 Å². The molecule has 6 nitrogen and oxygen atoms in total. The Labute approximate surface area is 254 Å². The van der Waals surface area contributed by atoms with Crippen LogP contribution in [0.3, 0.4) is 0 Å². The van der Waals surface area contributed by atoms with E-state index in [-0.39, 0.29) is 25.0 Å². The molecular weight excluding hydrogens is 578 g/mol. The van der Waals surface area contributed by atoms with Crippen LogP contribution in [0.1, 0.15) is 55.0 Å². The monoisotopic (exact) mass is 615 g/mol. The van der Waals surface area contributed by atoms with Crippen LogP contribution in [0.2, 0.25) is 0 Å². The molecule has 0 aromatic heterocycles. The fraction of sp³-hybridized carbons (Fsp3) is 0.257. The molecule has 0 radical (unpaired) electrons. The van der Waals surface area contributed by atoms with Gasteiger partial charge >= 0.3 is 8.03 Å². The Balaban J connectivity index is 1.66. The fourth-order valence-corrected chi connectivity index (χ4v) is 8.60. The van der Waals surface area contributed by atoms with Crippen molar-refractivity contribution in [2.24, 2.45) is 0 Å². The Kier molecular flexibility index (Phi) is 10.8. The van der Waals surface area contributed by atoms with Crippen LogP contribution >= 0.6 is 15.4 Å². The first-order valence-corrected chi connectivity index (χ1v) is 17.2. The van der Waals surface area contributed by atoms with Crippen LogP contribution in [0.15, 0.2) is 91.0 Å². The van der Waals surface area contributed by atoms with Gasteiger partial charge in [0.25, 0.3) is 0 Å². The van der Waals surface area contributed by atoms with Crippen molar-refractivity contribution in [3.05, 3.63) is 130 Å². The maximum Gasteiger partial charge on any atom is 0.549 e. The number of ketones is 2. The summed E-state index contributed by atoms with van der Waals surface area (Å²) in [5.41, 5.74) is 5.37. The molecule has 43 heavy (non-hydrogen) atoms. The Morgan fingerprint density at radius 3 is 1.88 bits per heavy atom. The molecular formula is C35H37O6P2+. The summed E-state index contributed by atoms with van der Waals surface area (Å²) in [6.45, 7) is 9.31. The van der Waals surface area contributed by atoms with E-state index in [1.165, 1.54) is 0 Å². The quantitative estimate of drug-likeness (QED) is 0.113. The second kappa shape index (κ2) is 14.3. The number of hydrogen-bond donors (Lipinski definition) is 0. The molecule has 3 atom stereocenters. The SMILES string of the molecule is Cc1cc(C)c(C(=O)CCOP(=O)(CC(O[P+](=O)c2ccccc2)C(=O)c2c(C)cccc2C)c2ccccc2)c(C)c1. The number of hydrogen-bond acceptors (Lipinski definition) is 6. The summed E-state index contributed by atoms with van der Waals surface area (Å²) in [5.74, 6) is -0.530. The Bertz CT molecular complexity index is 1640. The zero-order chi connectivity index (χ0) is 31.1. The van der Waals surface area contributed by atoms with Crippen LogP contribution < -0.4 is 10.6 Å². The maximum absolute atomic E-state index is 14.7. The number of carbonyl (C=O) groups is 2. The third kappa shape index (κ3) is 7.90. The van der Waals surface area contributed by atoms with Gasteiger partial charge in [0.1, 0.15) is 0 Å². The molecule has 8 heteroatoms. The highest BCUT2D eigenvalue weighted by molar-refractivity contribution is 7.67. The smallest absolute Gasteiger partial charge is 0.325 e. The first kappa shape index (κ1) is 32.4. The third-order valence-electron chi connectivity index (χ3n) is 7.35. The Morgan fingerprint density at radius 2 is 1.30 bits per heavy atom. The van der Waals surface area contributed by atoms with Crippen LogP contribution in [-0.4, -0.2) is 30.4 Å². The van der Waals surface area contributed by atoms with Gasteiger partial charge in [-0.15, -0.1) is 4.52 Å². The van der Waals surface area contributed by atoms with Crippen molar-refractivity contribution in [1.82, 2.24) is 0 Å². The molecule has 4 rings (SSSR count). The highest BCUT2D eigenvalue weighted by Crippen LogP contribution is 2.48. The van der Waals surface area contributed by atoms with Gasteiger partial charge in [-0.1, -0.05) is 72.3 Å². The van der Waals surface area contributed by atoms with Gasteiger partial charge in [0.05, 0.1) is 12.8 Å². The van der Waals surface area contributed by atoms with E-state index < -0.39 is 27.3 Å². The molecule has 0 aliphatic heterocycles. The van der Waals surface area contributed by atoms with Gasteiger partial charge in [-0.2, -0.15) is 0 Å². The number of aryl methyl sites for hydroxylation is 5. The summed E-state index contributed by atoms with van der Waals surface area (Å²) in [7, 11) is -6.23. The molecule has 0 fully saturated rings. The van der Waals surface area contributed by atoms with Crippen LogP contribution in [0.5, 0.6) is 0 Å². The standard InChI is InChI=1S/C35H37O6P2/c1-24-21-27(4)33(28(5)22-24)31(36)19-20-40-43(39,30-17-10-7-11-18-30)23-32(41-42(38)29-15-8-6-9-16-29)35(37)34-25(2)13-12-14-26(34)3/h6-18,21-22,32H,19-20,23H2,1-5H3/q+1. The lowest BCUT2D eigenvalue weighted by Crippen LogP contribution is -2.31. The van der Waals surface area contributed by atoms with Crippen molar-refractivity contribution < 1.29 is 27.8 Å². The fourth-order valence-electron chi connectivity index (χ4n) is 5.39. The molecule has 0 saturated carbocycles. The molecule has 4 aromatic rings. The molecule has 0 spiro atoms. The van der Waals surface area contributed by atoms with Gasteiger partial charge in [-0.3, -0.25) is 14.2 Å². The minimum atomic E-state index is -3.79. The molecule has 222 valence electrons. The summed E-state index contributed by atoms with van der Waals surface area (Å²) in [6, 6.07) is 26.6. The van der Waals surface area contributed by atoms with Gasteiger partial charge in [-0.05, 0) is 85.7 Å². The van der Waals surface area contributed by atoms with Gasteiger partial charge in [0.2, 0.25) is 12.7 Å². The topological polar surface area (TPSA) is 86.7 Å². The lowest BCUT2D eigenvalue weighted by Gasteiger charge is -2.22. The largest absolute Gasteiger partial charge is 0.549 e. The lowest BCUT2D eigenvalue weighted by molar-refractivity contribution is 0.0827. The summed E-state index contributed by atoms with van der Waals surface area (Å²) in [6.07, 6.45) is -1.66. The van der Waals surface area contributed by atoms with E-state index in [0.29, 0.717) is 21.7 Å². The molecule has 0 aliphatic rings. The van der Waals surface area contributed by atoms with Crippen molar-refractivity contribution in [3.8, 4) is 0 Å². The summed E-state index contributed by atoms with van der Waals surface area (Å²) < 4.78 is 40.1. The van der Waals surface area contributed by atoms with E-state index in [0.717, 1.165) is 27.8 Å². The zero-order valence-corrected chi connectivity index (χ0v) is 27.0. The second-order valence-corrected chi connectivity index (χ2v) is 14.5. The second-order valence-electron chi connectivity index (χ2n) is 10.8. The van der Waals surface area contributed by atoms with Crippen molar-refractivity contribution in [1.29, 1.82) is 0 Å². The van der Waals surface area contributed by atoms with Gasteiger partial charge < -0.3 is 4.52 Å². The predicted molar refractivity (Wildman–Crippen MR) is 173 cm³/mol. The van der Waals surface area contributed by atoms with Crippen LogP contribution in [0, 0.1) is 34.6 Å². The van der Waals surface area contributed by atoms with Crippen molar-refractivity contribution >= 4 is 37.6 Å². The van der Waals surface area contributed by atoms with E-state index in [4.69, 9.17) is 9.05 Å². The average Bonchev–Trinajstić information content (AvgIpc) is 2.97. The van der Waals surface area contributed by atoms with E-state index in [1.54, 1.807) is 60.7 Å². The van der Waals surface area contributed by atoms with Crippen molar-refractivity contribution in [2.45, 2.75) is 47.1 Å². The normalized spacial score (nSPS) is 13.7. The van der Waals surface area contributed by atoms with E-state index in [1.807, 2.05) is 65.0 Å². The van der Waals surface area contributed by atoms with Gasteiger partial charge in [-0.25, -0.2) is 0 Å². The highest BCUT2D eigenvalue weighted by atomic mass is 31.2. The average molecular weight is 616 g/mol. The highest BCUT2D eigenvalue weighted by Gasteiger charge is 2.41. The number of rotatable bonds is 13. The summed E-state index contributed by atoms with van der Waals surface area (Å²) >= 11 is 0. The first-order valence-electron chi connectivity index (χ1n) is 14.2. The summed E-state index contributed by atoms with van der Waals surface area (Å²) in [4.78, 5) is 27.3. The first-order chi connectivity index (χ1) is 20.5. The molecule has 0 saturated heterocycles. The minimum Gasteiger partial charge on any atom is -0.325 e. The van der Waals surface area contributed by atoms with Crippen molar-refractivity contribution in [2.75, 3.05) is 12.8 Å². The number of benzene rings is 4. The maximum atomic E-state index is 14.7. The summed E-state index contributed by atoms with van der Waals surface area (Å²) in [5, 5.41) is 0.810. The number of carbonyl (C=O) groups excluding carboxylic acids is 2. The molecule has 0 amide bonds. The minimum absolute atomic E-state index is 0.0101. The van der Waals surface area contributed by atoms with Gasteiger partial charge in [0.15, 0.2) is 17.7 Å². The van der Waals surface area contributed by atoms with Crippen molar-refractivity contribution in [3.63, 3.8) is 0 Å². The van der Waals surface area contributed by atoms with E-state index >= 15 is 0 Å². The number of Topliss-reactive ketones (excluding diaryl/α,β-unsaturated/α-hetero) is 2. The molecule has 4 aromatic carbocycles. The zero-order valence-electron chi connectivity index (χ0n) is 25.2. The molecule has 0 N–H and O–H groups in total.